The summed E-state index contributed by atoms with van der Waals surface area (Å²) >= 11 is 0. The van der Waals surface area contributed by atoms with Crippen molar-refractivity contribution in [1.29, 1.82) is 0 Å². The van der Waals surface area contributed by atoms with Crippen LogP contribution in [0, 0.1) is 12.8 Å². The average molecular weight is 270 g/mol. The molecule has 0 bridgehead atoms. The van der Waals surface area contributed by atoms with Gasteiger partial charge < -0.3 is 10.0 Å². The number of carbonyl (C=O) groups is 1. The summed E-state index contributed by atoms with van der Waals surface area (Å²) in [5.74, 6) is -0.860. The minimum Gasteiger partial charge on any atom is -0.481 e. The van der Waals surface area contributed by atoms with Gasteiger partial charge in [0.25, 0.3) is 0 Å². The van der Waals surface area contributed by atoms with Crippen LogP contribution in [0.3, 0.4) is 0 Å². The number of aromatic nitrogens is 1. The molecule has 4 nitrogen and oxygen atoms in total. The Bertz CT molecular complexity index is 646. The highest BCUT2D eigenvalue weighted by Gasteiger charge is 2.25. The smallest absolute Gasteiger partial charge is 0.306 e. The van der Waals surface area contributed by atoms with Gasteiger partial charge >= 0.3 is 5.97 Å². The average Bonchev–Trinajstić information content (AvgIpc) is 2.46. The van der Waals surface area contributed by atoms with Crippen LogP contribution in [0.1, 0.15) is 18.4 Å². The number of benzene rings is 1. The van der Waals surface area contributed by atoms with Gasteiger partial charge in [-0.1, -0.05) is 11.6 Å². The molecule has 1 saturated heterocycles. The molecule has 104 valence electrons. The molecule has 0 atom stereocenters. The van der Waals surface area contributed by atoms with Crippen LogP contribution < -0.4 is 4.90 Å². The van der Waals surface area contributed by atoms with E-state index in [1.807, 2.05) is 18.3 Å². The number of fused-ring (bicyclic) bond motifs is 1. The Morgan fingerprint density at radius 1 is 1.30 bits per heavy atom. The van der Waals surface area contributed by atoms with E-state index in [9.17, 15) is 4.79 Å². The van der Waals surface area contributed by atoms with Crippen LogP contribution in [-0.4, -0.2) is 29.1 Å². The molecule has 4 heteroatoms. The van der Waals surface area contributed by atoms with E-state index in [0.717, 1.165) is 24.0 Å². The molecule has 2 aromatic rings. The quantitative estimate of drug-likeness (QED) is 0.911. The van der Waals surface area contributed by atoms with E-state index in [-0.39, 0.29) is 5.92 Å². The molecule has 0 radical (unpaired) electrons. The van der Waals surface area contributed by atoms with Gasteiger partial charge in [0, 0.05) is 30.4 Å². The van der Waals surface area contributed by atoms with E-state index in [4.69, 9.17) is 5.11 Å². The molecule has 1 aromatic heterocycles. The lowest BCUT2D eigenvalue weighted by Gasteiger charge is -2.32. The molecule has 1 fully saturated rings. The minimum absolute atomic E-state index is 0.193. The molecular formula is C16H18N2O2. The number of hydrogen-bond acceptors (Lipinski definition) is 3. The monoisotopic (exact) mass is 270 g/mol. The molecule has 1 N–H and O–H groups in total. The lowest BCUT2D eigenvalue weighted by atomic mass is 9.96. The highest BCUT2D eigenvalue weighted by molar-refractivity contribution is 5.92. The largest absolute Gasteiger partial charge is 0.481 e. The van der Waals surface area contributed by atoms with Crippen molar-refractivity contribution in [3.8, 4) is 0 Å². The first-order valence-electron chi connectivity index (χ1n) is 6.98. The zero-order valence-corrected chi connectivity index (χ0v) is 11.5. The highest BCUT2D eigenvalue weighted by Crippen LogP contribution is 2.29. The number of nitrogens with zero attached hydrogens (tertiary/aromatic N) is 2. The summed E-state index contributed by atoms with van der Waals surface area (Å²) in [5.41, 5.74) is 3.38. The zero-order valence-electron chi connectivity index (χ0n) is 11.5. The number of carboxylic acids is 1. The van der Waals surface area contributed by atoms with Crippen LogP contribution in [0.25, 0.3) is 10.9 Å². The number of aryl methyl sites for hydroxylation is 1. The van der Waals surface area contributed by atoms with Crippen molar-refractivity contribution in [2.24, 2.45) is 5.92 Å². The van der Waals surface area contributed by atoms with Crippen LogP contribution in [0.15, 0.2) is 30.5 Å². The number of anilines is 1. The molecule has 20 heavy (non-hydrogen) atoms. The second-order valence-corrected chi connectivity index (χ2v) is 5.45. The summed E-state index contributed by atoms with van der Waals surface area (Å²) in [5, 5.41) is 10.2. The summed E-state index contributed by atoms with van der Waals surface area (Å²) in [6.45, 7) is 3.67. The SMILES string of the molecule is Cc1ccc2nccc(N3CCC(C(=O)O)CC3)c2c1. The first-order valence-corrected chi connectivity index (χ1v) is 6.98. The number of aliphatic carboxylic acids is 1. The summed E-state index contributed by atoms with van der Waals surface area (Å²) in [7, 11) is 0. The first-order chi connectivity index (χ1) is 9.65. The van der Waals surface area contributed by atoms with Gasteiger partial charge in [-0.15, -0.1) is 0 Å². The van der Waals surface area contributed by atoms with E-state index >= 15 is 0 Å². The standard InChI is InChI=1S/C16H18N2O2/c1-11-2-3-14-13(10-11)15(4-7-17-14)18-8-5-12(6-9-18)16(19)20/h2-4,7,10,12H,5-6,8-9H2,1H3,(H,19,20). The number of rotatable bonds is 2. The normalized spacial score (nSPS) is 16.6. The van der Waals surface area contributed by atoms with Gasteiger partial charge in [-0.3, -0.25) is 9.78 Å². The predicted octanol–water partition coefficient (Wildman–Crippen LogP) is 2.84. The zero-order chi connectivity index (χ0) is 14.1. The molecule has 3 rings (SSSR count). The third-order valence-corrected chi connectivity index (χ3v) is 4.06. The summed E-state index contributed by atoms with van der Waals surface area (Å²) in [6.07, 6.45) is 3.26. The van der Waals surface area contributed by atoms with Crippen LogP contribution in [0.4, 0.5) is 5.69 Å². The number of piperidine rings is 1. The van der Waals surface area contributed by atoms with Gasteiger partial charge in [0.15, 0.2) is 0 Å². The van der Waals surface area contributed by atoms with Crippen molar-refractivity contribution in [1.82, 2.24) is 4.98 Å². The van der Waals surface area contributed by atoms with Crippen molar-refractivity contribution in [2.75, 3.05) is 18.0 Å². The van der Waals surface area contributed by atoms with E-state index in [0.29, 0.717) is 12.8 Å². The first kappa shape index (κ1) is 12.9. The van der Waals surface area contributed by atoms with Gasteiger partial charge in [-0.2, -0.15) is 0 Å². The minimum atomic E-state index is -0.667. The molecule has 0 unspecified atom stereocenters. The second kappa shape index (κ2) is 5.12. The second-order valence-electron chi connectivity index (χ2n) is 5.45. The molecule has 0 aliphatic carbocycles. The molecule has 0 saturated carbocycles. The fraction of sp³-hybridized carbons (Fsp3) is 0.375. The highest BCUT2D eigenvalue weighted by atomic mass is 16.4. The van der Waals surface area contributed by atoms with Crippen LogP contribution in [0.2, 0.25) is 0 Å². The number of pyridine rings is 1. The molecule has 1 aromatic carbocycles. The van der Waals surface area contributed by atoms with E-state index < -0.39 is 5.97 Å². The number of hydrogen-bond donors (Lipinski definition) is 1. The van der Waals surface area contributed by atoms with Crippen LogP contribution >= 0.6 is 0 Å². The number of carboxylic acid groups (broad SMARTS) is 1. The fourth-order valence-electron chi connectivity index (χ4n) is 2.89. The molecule has 0 spiro atoms. The van der Waals surface area contributed by atoms with E-state index in [2.05, 4.69) is 28.9 Å². The van der Waals surface area contributed by atoms with Gasteiger partial charge in [-0.25, -0.2) is 0 Å². The fourth-order valence-corrected chi connectivity index (χ4v) is 2.89. The van der Waals surface area contributed by atoms with Crippen molar-refractivity contribution in [3.05, 3.63) is 36.0 Å². The maximum atomic E-state index is 11.0. The Kier molecular flexibility index (Phi) is 3.30. The third-order valence-electron chi connectivity index (χ3n) is 4.06. The van der Waals surface area contributed by atoms with Crippen LogP contribution in [-0.2, 0) is 4.79 Å². The van der Waals surface area contributed by atoms with Crippen LogP contribution in [0.5, 0.6) is 0 Å². The Morgan fingerprint density at radius 2 is 2.05 bits per heavy atom. The Balaban J connectivity index is 1.91. The van der Waals surface area contributed by atoms with E-state index in [1.54, 1.807) is 0 Å². The Morgan fingerprint density at radius 3 is 2.75 bits per heavy atom. The van der Waals surface area contributed by atoms with Crippen molar-refractivity contribution in [3.63, 3.8) is 0 Å². The summed E-state index contributed by atoms with van der Waals surface area (Å²) < 4.78 is 0. The maximum Gasteiger partial charge on any atom is 0.306 e. The molecular weight excluding hydrogens is 252 g/mol. The maximum absolute atomic E-state index is 11.0. The molecule has 0 amide bonds. The van der Waals surface area contributed by atoms with Crippen molar-refractivity contribution < 1.29 is 9.90 Å². The summed E-state index contributed by atoms with van der Waals surface area (Å²) in [4.78, 5) is 17.7. The van der Waals surface area contributed by atoms with Crippen molar-refractivity contribution >= 4 is 22.6 Å². The third kappa shape index (κ3) is 2.33. The lowest BCUT2D eigenvalue weighted by molar-refractivity contribution is -0.142. The van der Waals surface area contributed by atoms with Gasteiger partial charge in [0.05, 0.1) is 11.4 Å². The molecule has 1 aliphatic heterocycles. The summed E-state index contributed by atoms with van der Waals surface area (Å²) in [6, 6.07) is 8.29. The van der Waals surface area contributed by atoms with E-state index in [1.165, 1.54) is 11.3 Å². The topological polar surface area (TPSA) is 53.4 Å². The van der Waals surface area contributed by atoms with Gasteiger partial charge in [0.1, 0.15) is 0 Å². The predicted molar refractivity (Wildman–Crippen MR) is 79.1 cm³/mol. The molecule has 1 aliphatic rings. The Labute approximate surface area is 118 Å². The van der Waals surface area contributed by atoms with Gasteiger partial charge in [0.2, 0.25) is 0 Å². The Hall–Kier alpha value is -2.10. The van der Waals surface area contributed by atoms with Gasteiger partial charge in [-0.05, 0) is 38.0 Å². The molecule has 2 heterocycles. The lowest BCUT2D eigenvalue weighted by Crippen LogP contribution is -2.36. The van der Waals surface area contributed by atoms with Crippen molar-refractivity contribution in [2.45, 2.75) is 19.8 Å².